The van der Waals surface area contributed by atoms with E-state index >= 15 is 0 Å². The average Bonchev–Trinajstić information content (AvgIpc) is 2.05. The van der Waals surface area contributed by atoms with Crippen molar-refractivity contribution in [2.24, 2.45) is 0 Å². The zero-order chi connectivity index (χ0) is 8.97. The lowest BCUT2D eigenvalue weighted by Gasteiger charge is -1.99. The second-order valence-corrected chi connectivity index (χ2v) is 2.24. The first kappa shape index (κ1) is 8.39. The molecule has 0 saturated heterocycles. The Kier molecular flexibility index (Phi) is 2.53. The SMILES string of the molecule is CC(=CC(=O)[O-])c1cnccn1. The molecule has 0 aromatic carbocycles. The van der Waals surface area contributed by atoms with E-state index in [0.29, 0.717) is 11.3 Å². The number of carboxylic acid groups (broad SMARTS) is 1. The van der Waals surface area contributed by atoms with Gasteiger partial charge in [0.25, 0.3) is 0 Å². The highest BCUT2D eigenvalue weighted by Gasteiger charge is 1.94. The van der Waals surface area contributed by atoms with Crippen molar-refractivity contribution in [2.75, 3.05) is 0 Å². The number of aliphatic carboxylic acids is 1. The fraction of sp³-hybridized carbons (Fsp3) is 0.125. The van der Waals surface area contributed by atoms with Crippen LogP contribution in [0.5, 0.6) is 0 Å². The molecule has 0 aliphatic heterocycles. The smallest absolute Gasteiger partial charge is 0.0842 e. The molecule has 1 aromatic heterocycles. The Morgan fingerprint density at radius 2 is 2.33 bits per heavy atom. The standard InChI is InChI=1S/C8H8N2O2/c1-6(4-8(11)12)7-5-9-2-3-10-7/h2-5H,1H3,(H,11,12)/p-1. The molecule has 12 heavy (non-hydrogen) atoms. The van der Waals surface area contributed by atoms with Crippen LogP contribution >= 0.6 is 0 Å². The number of hydrogen-bond acceptors (Lipinski definition) is 4. The summed E-state index contributed by atoms with van der Waals surface area (Å²) in [5.74, 6) is -1.22. The lowest BCUT2D eigenvalue weighted by molar-refractivity contribution is -0.297. The van der Waals surface area contributed by atoms with Crippen molar-refractivity contribution in [3.8, 4) is 0 Å². The molecular formula is C8H7N2O2-. The molecular weight excluding hydrogens is 156 g/mol. The van der Waals surface area contributed by atoms with Gasteiger partial charge in [0, 0.05) is 12.4 Å². The van der Waals surface area contributed by atoms with Crippen molar-refractivity contribution in [1.29, 1.82) is 0 Å². The predicted octanol–water partition coefficient (Wildman–Crippen LogP) is -0.370. The first-order valence-electron chi connectivity index (χ1n) is 3.36. The van der Waals surface area contributed by atoms with Crippen molar-refractivity contribution < 1.29 is 9.90 Å². The molecule has 0 amide bonds. The van der Waals surface area contributed by atoms with Crippen LogP contribution in [-0.2, 0) is 4.79 Å². The van der Waals surface area contributed by atoms with E-state index in [0.717, 1.165) is 6.08 Å². The Morgan fingerprint density at radius 3 is 2.83 bits per heavy atom. The van der Waals surface area contributed by atoms with Gasteiger partial charge in [0.15, 0.2) is 0 Å². The molecule has 1 aromatic rings. The molecule has 0 aliphatic carbocycles. The number of carboxylic acids is 1. The Morgan fingerprint density at radius 1 is 1.58 bits per heavy atom. The Hall–Kier alpha value is -1.71. The molecule has 0 atom stereocenters. The molecule has 0 aliphatic rings. The zero-order valence-electron chi connectivity index (χ0n) is 6.52. The number of hydrogen-bond donors (Lipinski definition) is 0. The highest BCUT2D eigenvalue weighted by molar-refractivity contribution is 5.87. The number of allylic oxidation sites excluding steroid dienone is 1. The first-order valence-corrected chi connectivity index (χ1v) is 3.36. The third-order valence-corrected chi connectivity index (χ3v) is 1.30. The summed E-state index contributed by atoms with van der Waals surface area (Å²) in [6.07, 6.45) is 5.51. The minimum Gasteiger partial charge on any atom is -0.545 e. The number of aromatic nitrogens is 2. The molecule has 1 heterocycles. The number of carbonyl (C=O) groups is 1. The fourth-order valence-corrected chi connectivity index (χ4v) is 0.753. The second kappa shape index (κ2) is 3.61. The minimum absolute atomic E-state index is 0.531. The highest BCUT2D eigenvalue weighted by Crippen LogP contribution is 2.06. The van der Waals surface area contributed by atoms with Crippen LogP contribution < -0.4 is 5.11 Å². The third kappa shape index (κ3) is 2.16. The van der Waals surface area contributed by atoms with Crippen molar-refractivity contribution >= 4 is 11.5 Å². The quantitative estimate of drug-likeness (QED) is 0.558. The van der Waals surface area contributed by atoms with Crippen LogP contribution in [0.15, 0.2) is 24.7 Å². The van der Waals surface area contributed by atoms with E-state index < -0.39 is 5.97 Å². The Labute approximate surface area is 69.6 Å². The number of rotatable bonds is 2. The summed E-state index contributed by atoms with van der Waals surface area (Å²) in [5.41, 5.74) is 1.07. The molecule has 1 rings (SSSR count). The molecule has 4 nitrogen and oxygen atoms in total. The van der Waals surface area contributed by atoms with Crippen LogP contribution in [-0.4, -0.2) is 15.9 Å². The van der Waals surface area contributed by atoms with Gasteiger partial charge in [-0.1, -0.05) is 0 Å². The summed E-state index contributed by atoms with van der Waals surface area (Å²) in [5, 5.41) is 10.1. The molecule has 0 unspecified atom stereocenters. The van der Waals surface area contributed by atoms with Crippen LogP contribution in [0.4, 0.5) is 0 Å². The molecule has 4 heteroatoms. The second-order valence-electron chi connectivity index (χ2n) is 2.24. The van der Waals surface area contributed by atoms with Crippen LogP contribution in [0, 0.1) is 0 Å². The molecule has 0 fully saturated rings. The van der Waals surface area contributed by atoms with Gasteiger partial charge in [-0.3, -0.25) is 9.97 Å². The number of nitrogens with zero attached hydrogens (tertiary/aromatic N) is 2. The lowest BCUT2D eigenvalue weighted by atomic mass is 10.2. The average molecular weight is 163 g/mol. The van der Waals surface area contributed by atoms with E-state index in [1.807, 2.05) is 0 Å². The normalized spacial score (nSPS) is 11.2. The van der Waals surface area contributed by atoms with Crippen molar-refractivity contribution in [3.63, 3.8) is 0 Å². The van der Waals surface area contributed by atoms with Crippen LogP contribution in [0.2, 0.25) is 0 Å². The van der Waals surface area contributed by atoms with Gasteiger partial charge in [-0.2, -0.15) is 0 Å². The maximum atomic E-state index is 10.1. The molecule has 0 bridgehead atoms. The molecule has 0 saturated carbocycles. The maximum Gasteiger partial charge on any atom is 0.0842 e. The van der Waals surface area contributed by atoms with Crippen LogP contribution in [0.25, 0.3) is 5.57 Å². The summed E-state index contributed by atoms with van der Waals surface area (Å²) in [6.45, 7) is 1.64. The monoisotopic (exact) mass is 163 g/mol. The summed E-state index contributed by atoms with van der Waals surface area (Å²) < 4.78 is 0. The van der Waals surface area contributed by atoms with Gasteiger partial charge in [-0.15, -0.1) is 0 Å². The number of carbonyl (C=O) groups excluding carboxylic acids is 1. The predicted molar refractivity (Wildman–Crippen MR) is 40.7 cm³/mol. The van der Waals surface area contributed by atoms with Crippen molar-refractivity contribution in [1.82, 2.24) is 9.97 Å². The zero-order valence-corrected chi connectivity index (χ0v) is 6.52. The summed E-state index contributed by atoms with van der Waals surface area (Å²) in [7, 11) is 0. The van der Waals surface area contributed by atoms with Crippen LogP contribution in [0.3, 0.4) is 0 Å². The van der Waals surface area contributed by atoms with Gasteiger partial charge in [-0.25, -0.2) is 0 Å². The molecule has 0 radical (unpaired) electrons. The molecule has 62 valence electrons. The minimum atomic E-state index is -1.22. The maximum absolute atomic E-state index is 10.1. The largest absolute Gasteiger partial charge is 0.545 e. The van der Waals surface area contributed by atoms with Gasteiger partial charge in [-0.05, 0) is 18.6 Å². The van der Waals surface area contributed by atoms with Gasteiger partial charge in [0.1, 0.15) is 0 Å². The topological polar surface area (TPSA) is 65.9 Å². The summed E-state index contributed by atoms with van der Waals surface area (Å²) in [4.78, 5) is 17.9. The van der Waals surface area contributed by atoms with Gasteiger partial charge in [0.05, 0.1) is 17.9 Å². The van der Waals surface area contributed by atoms with E-state index in [4.69, 9.17) is 0 Å². The van der Waals surface area contributed by atoms with Gasteiger partial charge in [0.2, 0.25) is 0 Å². The highest BCUT2D eigenvalue weighted by atomic mass is 16.4. The Balaban J connectivity index is 2.93. The van der Waals surface area contributed by atoms with E-state index in [9.17, 15) is 9.90 Å². The van der Waals surface area contributed by atoms with Gasteiger partial charge < -0.3 is 9.90 Å². The van der Waals surface area contributed by atoms with E-state index in [2.05, 4.69) is 9.97 Å². The van der Waals surface area contributed by atoms with Crippen LogP contribution in [0.1, 0.15) is 12.6 Å². The molecule has 0 N–H and O–H groups in total. The van der Waals surface area contributed by atoms with Crippen molar-refractivity contribution in [3.05, 3.63) is 30.4 Å². The Bertz CT molecular complexity index is 306. The fourth-order valence-electron chi connectivity index (χ4n) is 0.753. The summed E-state index contributed by atoms with van der Waals surface area (Å²) >= 11 is 0. The van der Waals surface area contributed by atoms with E-state index in [-0.39, 0.29) is 0 Å². The molecule has 0 spiro atoms. The van der Waals surface area contributed by atoms with Gasteiger partial charge >= 0.3 is 0 Å². The van der Waals surface area contributed by atoms with Crippen molar-refractivity contribution in [2.45, 2.75) is 6.92 Å². The summed E-state index contributed by atoms with van der Waals surface area (Å²) in [6, 6.07) is 0. The lowest BCUT2D eigenvalue weighted by Crippen LogP contribution is -2.19. The van der Waals surface area contributed by atoms with E-state index in [1.165, 1.54) is 18.6 Å². The third-order valence-electron chi connectivity index (χ3n) is 1.30. The first-order chi connectivity index (χ1) is 5.70. The van der Waals surface area contributed by atoms with E-state index in [1.54, 1.807) is 6.92 Å².